The molecular formula is C102H71BN2O. The largest absolute Gasteiger partial charge is 0.455 e. The Bertz CT molecular complexity index is 6290. The zero-order valence-electron chi connectivity index (χ0n) is 59.2. The van der Waals surface area contributed by atoms with Gasteiger partial charge in [0.25, 0.3) is 6.71 Å². The number of para-hydroxylation sites is 2. The molecule has 0 atom stereocenters. The Balaban J connectivity index is 0.968. The first-order valence-corrected chi connectivity index (χ1v) is 36.9. The number of benzene rings is 17. The molecule has 18 aromatic rings. The molecule has 1 aromatic heterocycles. The predicted molar refractivity (Wildman–Crippen MR) is 450 cm³/mol. The van der Waals surface area contributed by atoms with E-state index in [-0.39, 0.29) is 12.1 Å². The lowest BCUT2D eigenvalue weighted by Crippen LogP contribution is -2.61. The van der Waals surface area contributed by atoms with Gasteiger partial charge < -0.3 is 14.2 Å². The van der Waals surface area contributed by atoms with Crippen LogP contribution in [0.2, 0.25) is 0 Å². The molecule has 0 saturated carbocycles. The second kappa shape index (κ2) is 25.3. The number of furan rings is 1. The zero-order valence-corrected chi connectivity index (χ0v) is 59.2. The van der Waals surface area contributed by atoms with Crippen LogP contribution in [0.3, 0.4) is 0 Å². The lowest BCUT2D eigenvalue weighted by atomic mass is 9.33. The normalized spacial score (nSPS) is 12.4. The van der Waals surface area contributed by atoms with Gasteiger partial charge in [0.1, 0.15) is 11.2 Å². The van der Waals surface area contributed by atoms with Gasteiger partial charge >= 0.3 is 0 Å². The maximum absolute atomic E-state index is 7.02. The van der Waals surface area contributed by atoms with Crippen molar-refractivity contribution in [2.45, 2.75) is 26.2 Å². The highest BCUT2D eigenvalue weighted by molar-refractivity contribution is 7.00. The average Bonchev–Trinajstić information content (AvgIpc) is 0.768. The molecule has 498 valence electrons. The summed E-state index contributed by atoms with van der Waals surface area (Å²) in [6, 6.07) is 140. The Kier molecular flexibility index (Phi) is 14.9. The maximum Gasteiger partial charge on any atom is 0.252 e. The van der Waals surface area contributed by atoms with Gasteiger partial charge in [-0.15, -0.1) is 0 Å². The van der Waals surface area contributed by atoms with E-state index in [4.69, 9.17) is 4.42 Å². The fourth-order valence-corrected chi connectivity index (χ4v) is 17.3. The molecule has 4 heteroatoms. The summed E-state index contributed by atoms with van der Waals surface area (Å²) in [7, 11) is 0. The van der Waals surface area contributed by atoms with Crippen LogP contribution in [-0.4, -0.2) is 6.71 Å². The first-order valence-electron chi connectivity index (χ1n) is 36.9. The fourth-order valence-electron chi connectivity index (χ4n) is 17.3. The minimum absolute atomic E-state index is 0.303. The standard InChI is InChI=1S/C102H71BN2O/c1-102(2,3)77-64-93-98-94(65-77)105(100-87(70-40-19-8-20-41-70)60-76(67-34-13-5-14-35-67)61-88(100)71-42-21-9-22-43-71)92-63-74(97-82-49-27-25-47-80(82)96(72-44-23-10-24-45-72)81-48-26-28-50-83(81)97)54-56-89(92)103(98)90-62-73(78-51-31-52-84-79-46-29-30-53-95(79)106-101(78)84)55-57-91(90)104(93)99-85(68-36-15-6-16-37-68)58-75(66-32-11-4-12-33-66)59-86(99)69-38-17-7-18-39-69/h4-65H,1-3H3. The van der Waals surface area contributed by atoms with E-state index in [1.54, 1.807) is 0 Å². The molecule has 2 aliphatic heterocycles. The fraction of sp³-hybridized carbons (Fsp3) is 0.0392. The van der Waals surface area contributed by atoms with Gasteiger partial charge in [0.15, 0.2) is 0 Å². The average molecular weight is 1350 g/mol. The van der Waals surface area contributed by atoms with Crippen LogP contribution in [-0.2, 0) is 5.41 Å². The number of hydrogen-bond acceptors (Lipinski definition) is 3. The molecular weight excluding hydrogens is 1280 g/mol. The highest BCUT2D eigenvalue weighted by atomic mass is 16.3. The van der Waals surface area contributed by atoms with Gasteiger partial charge in [-0.3, -0.25) is 0 Å². The van der Waals surface area contributed by atoms with E-state index in [0.717, 1.165) is 140 Å². The van der Waals surface area contributed by atoms with Crippen LogP contribution in [0.25, 0.3) is 144 Å². The molecule has 0 bridgehead atoms. The van der Waals surface area contributed by atoms with Gasteiger partial charge in [-0.1, -0.05) is 342 Å². The molecule has 3 heterocycles. The van der Waals surface area contributed by atoms with Crippen molar-refractivity contribution in [3.63, 3.8) is 0 Å². The molecule has 2 aliphatic rings. The summed E-state index contributed by atoms with van der Waals surface area (Å²) in [5.41, 5.74) is 33.4. The van der Waals surface area contributed by atoms with Crippen molar-refractivity contribution >= 4 is 101 Å². The maximum atomic E-state index is 7.02. The third-order valence-electron chi connectivity index (χ3n) is 22.2. The Hall–Kier alpha value is -13.3. The van der Waals surface area contributed by atoms with E-state index in [1.165, 1.54) is 60.2 Å². The Labute approximate surface area is 618 Å². The Morgan fingerprint density at radius 3 is 1.08 bits per heavy atom. The van der Waals surface area contributed by atoms with Crippen LogP contribution < -0.4 is 26.2 Å². The summed E-state index contributed by atoms with van der Waals surface area (Å²) in [5.74, 6) is 0. The molecule has 0 unspecified atom stereocenters. The molecule has 0 aliphatic carbocycles. The minimum atomic E-state index is -0.350. The van der Waals surface area contributed by atoms with E-state index >= 15 is 0 Å². The molecule has 0 spiro atoms. The van der Waals surface area contributed by atoms with E-state index in [9.17, 15) is 0 Å². The quantitative estimate of drug-likeness (QED) is 0.0950. The third kappa shape index (κ3) is 10.3. The molecule has 0 amide bonds. The van der Waals surface area contributed by atoms with Crippen LogP contribution in [0.15, 0.2) is 381 Å². The van der Waals surface area contributed by atoms with E-state index in [1.807, 2.05) is 0 Å². The van der Waals surface area contributed by atoms with Gasteiger partial charge in [0, 0.05) is 61.3 Å². The molecule has 17 aromatic carbocycles. The van der Waals surface area contributed by atoms with Crippen molar-refractivity contribution in [3.05, 3.63) is 382 Å². The molecule has 0 fully saturated rings. The van der Waals surface area contributed by atoms with Crippen LogP contribution in [0.5, 0.6) is 0 Å². The monoisotopic (exact) mass is 1350 g/mol. The highest BCUT2D eigenvalue weighted by Crippen LogP contribution is 2.56. The molecule has 106 heavy (non-hydrogen) atoms. The number of rotatable bonds is 11. The molecule has 20 rings (SSSR count). The van der Waals surface area contributed by atoms with Gasteiger partial charge in [0.2, 0.25) is 0 Å². The van der Waals surface area contributed by atoms with Gasteiger partial charge in [-0.05, 0) is 176 Å². The van der Waals surface area contributed by atoms with Gasteiger partial charge in [-0.2, -0.15) is 0 Å². The lowest BCUT2D eigenvalue weighted by molar-refractivity contribution is 0.590. The SMILES string of the molecule is CC(C)(C)c1cc2c3c(c1)N(c1c(-c4ccccc4)cc(-c4ccccc4)cc1-c1ccccc1)c1cc(-c4c5ccccc5c(-c5ccccc5)c5ccccc45)ccc1B3c1cc(-c3cccc4c3oc3ccccc34)ccc1N2c1c(-c2ccccc2)cc(-c2ccccc2)cc1-c1ccccc1. The summed E-state index contributed by atoms with van der Waals surface area (Å²) < 4.78 is 7.02. The second-order valence-electron chi connectivity index (χ2n) is 29.4. The smallest absolute Gasteiger partial charge is 0.252 e. The molecule has 3 nitrogen and oxygen atoms in total. The van der Waals surface area contributed by atoms with Crippen molar-refractivity contribution in [3.8, 4) is 100 Å². The third-order valence-corrected chi connectivity index (χ3v) is 22.2. The van der Waals surface area contributed by atoms with Gasteiger partial charge in [0.05, 0.1) is 11.4 Å². The van der Waals surface area contributed by atoms with Crippen molar-refractivity contribution < 1.29 is 4.42 Å². The van der Waals surface area contributed by atoms with Crippen LogP contribution in [0, 0.1) is 0 Å². The van der Waals surface area contributed by atoms with Crippen LogP contribution in [0.4, 0.5) is 34.1 Å². The predicted octanol–water partition coefficient (Wildman–Crippen LogP) is 26.3. The summed E-state index contributed by atoms with van der Waals surface area (Å²) in [6.45, 7) is 6.86. The molecule has 0 radical (unpaired) electrons. The number of nitrogens with zero attached hydrogens (tertiary/aromatic N) is 2. The summed E-state index contributed by atoms with van der Waals surface area (Å²) >= 11 is 0. The van der Waals surface area contributed by atoms with Crippen molar-refractivity contribution in [1.29, 1.82) is 0 Å². The van der Waals surface area contributed by atoms with Crippen molar-refractivity contribution in [2.24, 2.45) is 0 Å². The number of anilines is 6. The number of fused-ring (bicyclic) bond motifs is 9. The van der Waals surface area contributed by atoms with Crippen LogP contribution >= 0.6 is 0 Å². The summed E-state index contributed by atoms with van der Waals surface area (Å²) in [5, 5.41) is 7.03. The summed E-state index contributed by atoms with van der Waals surface area (Å²) in [4.78, 5) is 5.41. The first-order chi connectivity index (χ1) is 52.3. The van der Waals surface area contributed by atoms with Crippen molar-refractivity contribution in [2.75, 3.05) is 9.80 Å². The number of hydrogen-bond donors (Lipinski definition) is 0. The van der Waals surface area contributed by atoms with E-state index < -0.39 is 0 Å². The minimum Gasteiger partial charge on any atom is -0.455 e. The van der Waals surface area contributed by atoms with Crippen molar-refractivity contribution in [1.82, 2.24) is 0 Å². The molecule has 0 saturated heterocycles. The highest BCUT2D eigenvalue weighted by Gasteiger charge is 2.46. The van der Waals surface area contributed by atoms with E-state index in [0.29, 0.717) is 0 Å². The van der Waals surface area contributed by atoms with Crippen LogP contribution in [0.1, 0.15) is 26.3 Å². The second-order valence-corrected chi connectivity index (χ2v) is 29.4. The summed E-state index contributed by atoms with van der Waals surface area (Å²) in [6.07, 6.45) is 0. The topological polar surface area (TPSA) is 19.6 Å². The Morgan fingerprint density at radius 2 is 0.623 bits per heavy atom. The molecule has 0 N–H and O–H groups in total. The first kappa shape index (κ1) is 62.5. The Morgan fingerprint density at radius 1 is 0.245 bits per heavy atom. The zero-order chi connectivity index (χ0) is 70.6. The van der Waals surface area contributed by atoms with Gasteiger partial charge in [-0.25, -0.2) is 0 Å². The van der Waals surface area contributed by atoms with E-state index in [2.05, 4.69) is 407 Å². The lowest BCUT2D eigenvalue weighted by Gasteiger charge is -2.46.